The van der Waals surface area contributed by atoms with Crippen molar-refractivity contribution >= 4 is 5.97 Å². The number of aliphatic hydroxyl groups excluding tert-OH is 1. The van der Waals surface area contributed by atoms with E-state index in [1.807, 2.05) is 6.92 Å². The quantitative estimate of drug-likeness (QED) is 0.741. The Bertz CT molecular complexity index is 763. The van der Waals surface area contributed by atoms with Crippen molar-refractivity contribution in [2.24, 2.45) is 5.92 Å². The molecule has 0 radical (unpaired) electrons. The molecule has 154 valence electrons. The minimum absolute atomic E-state index is 0.0584. The molecule has 5 heteroatoms. The van der Waals surface area contributed by atoms with Crippen LogP contribution in [0.3, 0.4) is 0 Å². The lowest BCUT2D eigenvalue weighted by Gasteiger charge is -2.46. The Hall–Kier alpha value is -2.01. The fourth-order valence-corrected chi connectivity index (χ4v) is 4.61. The summed E-state index contributed by atoms with van der Waals surface area (Å²) in [6.07, 6.45) is 5.87. The molecule has 0 spiro atoms. The monoisotopic (exact) mass is 388 g/mol. The summed E-state index contributed by atoms with van der Waals surface area (Å²) in [7, 11) is 3.11. The van der Waals surface area contributed by atoms with Gasteiger partial charge in [-0.3, -0.25) is 0 Å². The van der Waals surface area contributed by atoms with Crippen LogP contribution >= 0.6 is 0 Å². The van der Waals surface area contributed by atoms with Crippen molar-refractivity contribution in [1.82, 2.24) is 0 Å². The Morgan fingerprint density at radius 3 is 2.75 bits per heavy atom. The number of carbonyl (C=O) groups excluding carboxylic acids is 1. The van der Waals surface area contributed by atoms with Crippen LogP contribution in [-0.2, 0) is 16.0 Å². The van der Waals surface area contributed by atoms with E-state index in [2.05, 4.69) is 32.1 Å². The molecule has 3 atom stereocenters. The summed E-state index contributed by atoms with van der Waals surface area (Å²) in [5.41, 5.74) is 2.56. The van der Waals surface area contributed by atoms with E-state index in [4.69, 9.17) is 14.2 Å². The molecule has 1 heterocycles. The summed E-state index contributed by atoms with van der Waals surface area (Å²) in [5, 5.41) is 9.52. The van der Waals surface area contributed by atoms with E-state index < -0.39 is 0 Å². The molecule has 0 aromatic heterocycles. The highest BCUT2D eigenvalue weighted by molar-refractivity contribution is 5.88. The Morgan fingerprint density at radius 2 is 2.11 bits per heavy atom. The molecule has 28 heavy (non-hydrogen) atoms. The second-order valence-corrected chi connectivity index (χ2v) is 8.51. The number of allylic oxidation sites excluding steroid dienone is 1. The van der Waals surface area contributed by atoms with Crippen LogP contribution in [0, 0.1) is 5.92 Å². The molecule has 0 fully saturated rings. The molecule has 0 saturated heterocycles. The van der Waals surface area contributed by atoms with E-state index in [-0.39, 0.29) is 29.5 Å². The predicted octanol–water partition coefficient (Wildman–Crippen LogP) is 4.16. The summed E-state index contributed by atoms with van der Waals surface area (Å²) >= 11 is 0. The molecule has 0 amide bonds. The zero-order valence-electron chi connectivity index (χ0n) is 17.6. The van der Waals surface area contributed by atoms with Gasteiger partial charge in [0.1, 0.15) is 17.1 Å². The number of hydrogen-bond acceptors (Lipinski definition) is 5. The van der Waals surface area contributed by atoms with Crippen molar-refractivity contribution in [3.8, 4) is 11.5 Å². The maximum atomic E-state index is 12.1. The van der Waals surface area contributed by atoms with E-state index in [9.17, 15) is 9.90 Å². The van der Waals surface area contributed by atoms with Gasteiger partial charge in [-0.2, -0.15) is 0 Å². The number of fused-ring (bicyclic) bond motifs is 3. The molecule has 5 nitrogen and oxygen atoms in total. The second kappa shape index (κ2) is 8.16. The van der Waals surface area contributed by atoms with Crippen LogP contribution in [0.4, 0.5) is 0 Å². The van der Waals surface area contributed by atoms with Gasteiger partial charge in [-0.1, -0.05) is 6.08 Å². The maximum Gasteiger partial charge on any atom is 0.333 e. The molecule has 1 aromatic carbocycles. The van der Waals surface area contributed by atoms with Crippen LogP contribution < -0.4 is 9.47 Å². The second-order valence-electron chi connectivity index (χ2n) is 8.51. The Morgan fingerprint density at radius 1 is 1.36 bits per heavy atom. The minimum atomic E-state index is -0.334. The van der Waals surface area contributed by atoms with Gasteiger partial charge in [-0.15, -0.1) is 0 Å². The van der Waals surface area contributed by atoms with Gasteiger partial charge in [0.05, 0.1) is 20.3 Å². The van der Waals surface area contributed by atoms with Crippen molar-refractivity contribution in [3.05, 3.63) is 34.9 Å². The lowest BCUT2D eigenvalue weighted by atomic mass is 9.67. The summed E-state index contributed by atoms with van der Waals surface area (Å²) in [6.45, 7) is 6.06. The van der Waals surface area contributed by atoms with Gasteiger partial charge in [0.15, 0.2) is 0 Å². The van der Waals surface area contributed by atoms with Gasteiger partial charge in [0, 0.05) is 23.0 Å². The van der Waals surface area contributed by atoms with Crippen molar-refractivity contribution in [3.63, 3.8) is 0 Å². The van der Waals surface area contributed by atoms with Crippen LogP contribution in [0.15, 0.2) is 23.8 Å². The fraction of sp³-hybridized carbons (Fsp3) is 0.609. The molecule has 1 aromatic rings. The summed E-state index contributed by atoms with van der Waals surface area (Å²) in [6, 6.07) is 4.16. The average molecular weight is 389 g/mol. The largest absolute Gasteiger partial charge is 0.496 e. The number of ether oxygens (including phenoxy) is 3. The fourth-order valence-electron chi connectivity index (χ4n) is 4.61. The van der Waals surface area contributed by atoms with E-state index in [0.29, 0.717) is 6.42 Å². The number of esters is 1. The standard InChI is InChI=1S/C23H32O5/c1-14(24)7-6-8-15-11-19(26-4)21-17-13-16(22(25)27-5)9-10-18(17)23(2,3)28-20(21)12-15/h11-14,17-18,24H,6-10H2,1-5H3/t14?,17-,18-/m1/s1. The molecule has 1 aliphatic carbocycles. The topological polar surface area (TPSA) is 65.0 Å². The minimum Gasteiger partial charge on any atom is -0.496 e. The third-order valence-electron chi connectivity index (χ3n) is 6.06. The average Bonchev–Trinajstić information content (AvgIpc) is 2.65. The number of benzene rings is 1. The van der Waals surface area contributed by atoms with Crippen LogP contribution in [0.2, 0.25) is 0 Å². The molecule has 1 unspecified atom stereocenters. The van der Waals surface area contributed by atoms with Gasteiger partial charge >= 0.3 is 5.97 Å². The van der Waals surface area contributed by atoms with Crippen LogP contribution in [0.25, 0.3) is 0 Å². The third kappa shape index (κ3) is 4.04. The van der Waals surface area contributed by atoms with Crippen LogP contribution in [-0.4, -0.2) is 37.0 Å². The van der Waals surface area contributed by atoms with Gasteiger partial charge in [-0.25, -0.2) is 4.79 Å². The zero-order valence-corrected chi connectivity index (χ0v) is 17.6. The van der Waals surface area contributed by atoms with E-state index >= 15 is 0 Å². The summed E-state index contributed by atoms with van der Waals surface area (Å²) in [4.78, 5) is 12.1. The van der Waals surface area contributed by atoms with Gasteiger partial charge in [0.2, 0.25) is 0 Å². The van der Waals surface area contributed by atoms with Crippen molar-refractivity contribution in [2.75, 3.05) is 14.2 Å². The lowest BCUT2D eigenvalue weighted by Crippen LogP contribution is -2.45. The smallest absolute Gasteiger partial charge is 0.333 e. The Balaban J connectivity index is 2.01. The summed E-state index contributed by atoms with van der Waals surface area (Å²) < 4.78 is 17.2. The first-order chi connectivity index (χ1) is 13.3. The highest BCUT2D eigenvalue weighted by Crippen LogP contribution is 2.53. The number of rotatable bonds is 6. The molecular weight excluding hydrogens is 356 g/mol. The normalized spacial score (nSPS) is 23.6. The Labute approximate surface area is 167 Å². The SMILES string of the molecule is COC(=O)C1=C[C@H]2c3c(OC)cc(CCCC(C)O)cc3OC(C)(C)[C@@H]2CC1. The first-order valence-electron chi connectivity index (χ1n) is 10.1. The molecular formula is C23H32O5. The Kier molecular flexibility index (Phi) is 6.04. The van der Waals surface area contributed by atoms with E-state index in [1.165, 1.54) is 7.11 Å². The number of carbonyl (C=O) groups is 1. The maximum absolute atomic E-state index is 12.1. The lowest BCUT2D eigenvalue weighted by molar-refractivity contribution is -0.136. The van der Waals surface area contributed by atoms with E-state index in [1.54, 1.807) is 7.11 Å². The van der Waals surface area contributed by atoms with Crippen LogP contribution in [0.1, 0.15) is 63.5 Å². The van der Waals surface area contributed by atoms with Crippen molar-refractivity contribution in [2.45, 2.75) is 70.5 Å². The number of hydrogen-bond donors (Lipinski definition) is 1. The molecule has 3 rings (SSSR count). The number of methoxy groups -OCH3 is 2. The van der Waals surface area contributed by atoms with Gasteiger partial charge in [-0.05, 0) is 70.6 Å². The highest BCUT2D eigenvalue weighted by atomic mass is 16.5. The molecule has 2 aliphatic rings. The molecule has 1 N–H and O–H groups in total. The predicted molar refractivity (Wildman–Crippen MR) is 108 cm³/mol. The highest BCUT2D eigenvalue weighted by Gasteiger charge is 2.46. The van der Waals surface area contributed by atoms with Crippen molar-refractivity contribution < 1.29 is 24.1 Å². The first-order valence-corrected chi connectivity index (χ1v) is 10.1. The van der Waals surface area contributed by atoms with Gasteiger partial charge < -0.3 is 19.3 Å². The molecule has 0 saturated carbocycles. The number of aliphatic hydroxyl groups is 1. The number of aryl methyl sites for hydroxylation is 1. The van der Waals surface area contributed by atoms with Crippen molar-refractivity contribution in [1.29, 1.82) is 0 Å². The third-order valence-corrected chi connectivity index (χ3v) is 6.06. The molecule has 0 bridgehead atoms. The molecule has 1 aliphatic heterocycles. The van der Waals surface area contributed by atoms with Crippen LogP contribution in [0.5, 0.6) is 11.5 Å². The zero-order chi connectivity index (χ0) is 20.5. The summed E-state index contributed by atoms with van der Waals surface area (Å²) in [5.74, 6) is 1.71. The first kappa shape index (κ1) is 20.7. The van der Waals surface area contributed by atoms with Gasteiger partial charge in [0.25, 0.3) is 0 Å². The van der Waals surface area contributed by atoms with E-state index in [0.717, 1.165) is 53.9 Å².